The molecule has 6 heteroatoms. The van der Waals surface area contributed by atoms with Crippen molar-refractivity contribution >= 4 is 17.6 Å². The Hall–Kier alpha value is -1.85. The van der Waals surface area contributed by atoms with Gasteiger partial charge in [-0.1, -0.05) is 37.6 Å². The standard InChI is InChI=1S/C20H25ClN2O2.H3N/c1-12(2)20-22-17-6-4-5-15(11-18(24)25)19(17)23(20)13(3)14-7-9-16(21)10-8-14;/h7-10,12-13,15H,4-6,11H2,1-3H3,(H,24,25);1H3/t13-,15?;/m0./s1. The highest BCUT2D eigenvalue weighted by Gasteiger charge is 2.32. The summed E-state index contributed by atoms with van der Waals surface area (Å²) in [5.74, 6) is 0.627. The first kappa shape index (κ1) is 20.5. The number of aryl methyl sites for hydroxylation is 1. The number of benzene rings is 1. The zero-order valence-electron chi connectivity index (χ0n) is 15.7. The molecular weight excluding hydrogens is 350 g/mol. The van der Waals surface area contributed by atoms with E-state index in [9.17, 15) is 9.90 Å². The number of imidazole rings is 1. The molecular formula is C20H28ClN3O2. The summed E-state index contributed by atoms with van der Waals surface area (Å²) in [6.45, 7) is 6.44. The Kier molecular flexibility index (Phi) is 6.48. The lowest BCUT2D eigenvalue weighted by Crippen LogP contribution is -2.21. The van der Waals surface area contributed by atoms with Crippen LogP contribution in [-0.4, -0.2) is 20.6 Å². The molecule has 4 N–H and O–H groups in total. The molecule has 0 spiro atoms. The van der Waals surface area contributed by atoms with Gasteiger partial charge in [-0.25, -0.2) is 4.98 Å². The molecule has 1 aromatic carbocycles. The Morgan fingerprint density at radius 2 is 1.96 bits per heavy atom. The second kappa shape index (κ2) is 8.23. The summed E-state index contributed by atoms with van der Waals surface area (Å²) < 4.78 is 2.29. The predicted molar refractivity (Wildman–Crippen MR) is 105 cm³/mol. The van der Waals surface area contributed by atoms with Crippen LogP contribution in [0.25, 0.3) is 0 Å². The first-order valence-corrected chi connectivity index (χ1v) is 9.34. The van der Waals surface area contributed by atoms with Gasteiger partial charge in [0.15, 0.2) is 0 Å². The van der Waals surface area contributed by atoms with E-state index in [-0.39, 0.29) is 30.4 Å². The lowest BCUT2D eigenvalue weighted by atomic mass is 9.87. The van der Waals surface area contributed by atoms with Crippen molar-refractivity contribution in [2.75, 3.05) is 0 Å². The molecule has 3 rings (SSSR count). The summed E-state index contributed by atoms with van der Waals surface area (Å²) in [7, 11) is 0. The number of carbonyl (C=O) groups is 1. The Balaban J connectivity index is 0.00000243. The van der Waals surface area contributed by atoms with E-state index < -0.39 is 5.97 Å². The van der Waals surface area contributed by atoms with Crippen LogP contribution in [0.5, 0.6) is 0 Å². The van der Waals surface area contributed by atoms with Crippen LogP contribution in [0.4, 0.5) is 0 Å². The van der Waals surface area contributed by atoms with Crippen molar-refractivity contribution in [3.8, 4) is 0 Å². The number of nitrogens with zero attached hydrogens (tertiary/aromatic N) is 2. The van der Waals surface area contributed by atoms with Crippen LogP contribution in [0, 0.1) is 0 Å². The van der Waals surface area contributed by atoms with Gasteiger partial charge in [-0.05, 0) is 43.9 Å². The number of aromatic nitrogens is 2. The van der Waals surface area contributed by atoms with Gasteiger partial charge in [0.05, 0.1) is 18.2 Å². The maximum absolute atomic E-state index is 11.4. The van der Waals surface area contributed by atoms with E-state index in [1.807, 2.05) is 24.3 Å². The number of aliphatic carboxylic acids is 1. The van der Waals surface area contributed by atoms with E-state index in [0.717, 1.165) is 47.1 Å². The third kappa shape index (κ3) is 3.94. The molecule has 1 heterocycles. The molecule has 0 bridgehead atoms. The fraction of sp³-hybridized carbons (Fsp3) is 0.500. The van der Waals surface area contributed by atoms with Gasteiger partial charge in [-0.2, -0.15) is 0 Å². The van der Waals surface area contributed by atoms with Crippen molar-refractivity contribution in [2.45, 2.75) is 64.3 Å². The molecule has 0 radical (unpaired) electrons. The predicted octanol–water partition coefficient (Wildman–Crippen LogP) is 5.33. The molecule has 2 aromatic rings. The summed E-state index contributed by atoms with van der Waals surface area (Å²) in [4.78, 5) is 16.3. The Morgan fingerprint density at radius 3 is 2.54 bits per heavy atom. The zero-order chi connectivity index (χ0) is 18.1. The van der Waals surface area contributed by atoms with Crippen molar-refractivity contribution in [1.82, 2.24) is 15.7 Å². The van der Waals surface area contributed by atoms with Crippen LogP contribution in [-0.2, 0) is 11.2 Å². The highest BCUT2D eigenvalue weighted by Crippen LogP contribution is 2.39. The van der Waals surface area contributed by atoms with E-state index in [1.54, 1.807) is 0 Å². The minimum Gasteiger partial charge on any atom is -0.481 e. The van der Waals surface area contributed by atoms with Crippen LogP contribution in [0.1, 0.15) is 80.7 Å². The number of carboxylic acid groups (broad SMARTS) is 1. The molecule has 2 atom stereocenters. The van der Waals surface area contributed by atoms with Gasteiger partial charge in [0, 0.05) is 22.6 Å². The number of carboxylic acids is 1. The molecule has 142 valence electrons. The zero-order valence-corrected chi connectivity index (χ0v) is 16.5. The average Bonchev–Trinajstić information content (AvgIpc) is 2.95. The van der Waals surface area contributed by atoms with Gasteiger partial charge in [0.2, 0.25) is 0 Å². The molecule has 1 aromatic heterocycles. The molecule has 0 aliphatic heterocycles. The molecule has 1 unspecified atom stereocenters. The Labute approximate surface area is 160 Å². The maximum atomic E-state index is 11.4. The molecule has 0 saturated heterocycles. The number of hydrogen-bond donors (Lipinski definition) is 2. The van der Waals surface area contributed by atoms with Gasteiger partial charge >= 0.3 is 5.97 Å². The molecule has 1 aliphatic carbocycles. The van der Waals surface area contributed by atoms with E-state index in [2.05, 4.69) is 25.3 Å². The Morgan fingerprint density at radius 1 is 1.31 bits per heavy atom. The van der Waals surface area contributed by atoms with Gasteiger partial charge in [-0.3, -0.25) is 4.79 Å². The molecule has 1 aliphatic rings. The summed E-state index contributed by atoms with van der Waals surface area (Å²) in [6.07, 6.45) is 3.03. The summed E-state index contributed by atoms with van der Waals surface area (Å²) in [5, 5.41) is 10.1. The van der Waals surface area contributed by atoms with Crippen LogP contribution in [0.2, 0.25) is 5.02 Å². The van der Waals surface area contributed by atoms with Crippen molar-refractivity contribution in [3.63, 3.8) is 0 Å². The highest BCUT2D eigenvalue weighted by atomic mass is 35.5. The lowest BCUT2D eigenvalue weighted by molar-refractivity contribution is -0.137. The SMILES string of the molecule is CC(C)c1nc2c(n1[C@@H](C)c1ccc(Cl)cc1)C(CC(=O)O)CCC2.N. The maximum Gasteiger partial charge on any atom is 0.304 e. The van der Waals surface area contributed by atoms with E-state index in [1.165, 1.54) is 0 Å². The average molecular weight is 378 g/mol. The van der Waals surface area contributed by atoms with Gasteiger partial charge in [-0.15, -0.1) is 0 Å². The summed E-state index contributed by atoms with van der Waals surface area (Å²) >= 11 is 6.03. The van der Waals surface area contributed by atoms with E-state index in [4.69, 9.17) is 16.6 Å². The fourth-order valence-corrected chi connectivity index (χ4v) is 4.02. The van der Waals surface area contributed by atoms with Crippen LogP contribution in [0.3, 0.4) is 0 Å². The van der Waals surface area contributed by atoms with Gasteiger partial charge in [0.25, 0.3) is 0 Å². The topological polar surface area (TPSA) is 90.1 Å². The van der Waals surface area contributed by atoms with Crippen molar-refractivity contribution in [2.24, 2.45) is 0 Å². The number of hydrogen-bond acceptors (Lipinski definition) is 3. The first-order chi connectivity index (χ1) is 11.9. The van der Waals surface area contributed by atoms with Crippen molar-refractivity contribution in [3.05, 3.63) is 52.1 Å². The van der Waals surface area contributed by atoms with Crippen LogP contribution < -0.4 is 6.15 Å². The molecule has 26 heavy (non-hydrogen) atoms. The molecule has 0 amide bonds. The monoisotopic (exact) mass is 377 g/mol. The first-order valence-electron chi connectivity index (χ1n) is 8.96. The fourth-order valence-electron chi connectivity index (χ4n) is 3.89. The van der Waals surface area contributed by atoms with Gasteiger partial charge < -0.3 is 15.8 Å². The summed E-state index contributed by atoms with van der Waals surface area (Å²) in [6, 6.07) is 7.98. The summed E-state index contributed by atoms with van der Waals surface area (Å²) in [5.41, 5.74) is 3.37. The molecule has 0 saturated carbocycles. The third-order valence-corrected chi connectivity index (χ3v) is 5.33. The van der Waals surface area contributed by atoms with Crippen LogP contribution in [0.15, 0.2) is 24.3 Å². The lowest BCUT2D eigenvalue weighted by Gasteiger charge is -2.27. The highest BCUT2D eigenvalue weighted by molar-refractivity contribution is 6.30. The van der Waals surface area contributed by atoms with Crippen molar-refractivity contribution in [1.29, 1.82) is 0 Å². The van der Waals surface area contributed by atoms with Crippen LogP contribution >= 0.6 is 11.6 Å². The van der Waals surface area contributed by atoms with Crippen molar-refractivity contribution < 1.29 is 9.90 Å². The Bertz CT molecular complexity index is 768. The quantitative estimate of drug-likeness (QED) is 0.737. The van der Waals surface area contributed by atoms with E-state index >= 15 is 0 Å². The number of fused-ring (bicyclic) bond motifs is 1. The molecule has 0 fully saturated rings. The third-order valence-electron chi connectivity index (χ3n) is 5.08. The largest absolute Gasteiger partial charge is 0.481 e. The smallest absolute Gasteiger partial charge is 0.304 e. The minimum atomic E-state index is -0.740. The second-order valence-corrected chi connectivity index (χ2v) is 7.68. The minimum absolute atomic E-state index is 0. The second-order valence-electron chi connectivity index (χ2n) is 7.24. The van der Waals surface area contributed by atoms with Gasteiger partial charge in [0.1, 0.15) is 5.82 Å². The number of halogens is 1. The van der Waals surface area contributed by atoms with E-state index in [0.29, 0.717) is 0 Å². The molecule has 5 nitrogen and oxygen atoms in total. The number of rotatable bonds is 5. The normalized spacial score (nSPS) is 17.5.